The van der Waals surface area contributed by atoms with Crippen molar-refractivity contribution in [2.45, 2.75) is 32.2 Å². The molecule has 0 amide bonds. The topological polar surface area (TPSA) is 28.2 Å². The SMILES string of the molecule is CC(c1ccc2scnc2c1)N1CCC2(CCNC2)CC1. The van der Waals surface area contributed by atoms with Crippen LogP contribution in [-0.2, 0) is 0 Å². The van der Waals surface area contributed by atoms with E-state index in [1.165, 1.54) is 55.7 Å². The number of thiazole rings is 1. The highest BCUT2D eigenvalue weighted by Crippen LogP contribution is 2.39. The molecule has 112 valence electrons. The lowest BCUT2D eigenvalue weighted by atomic mass is 9.77. The van der Waals surface area contributed by atoms with E-state index in [0.717, 1.165) is 5.52 Å². The van der Waals surface area contributed by atoms with Crippen molar-refractivity contribution in [1.82, 2.24) is 15.2 Å². The van der Waals surface area contributed by atoms with Crippen LogP contribution in [0.3, 0.4) is 0 Å². The smallest absolute Gasteiger partial charge is 0.0815 e. The molecule has 3 nitrogen and oxygen atoms in total. The monoisotopic (exact) mass is 301 g/mol. The number of fused-ring (bicyclic) bond motifs is 1. The standard InChI is InChI=1S/C17H23N3S/c1-13(14-2-3-16-15(10-14)19-12-21-16)20-8-5-17(6-9-20)4-7-18-11-17/h2-3,10,12-13,18H,4-9,11H2,1H3. The van der Waals surface area contributed by atoms with E-state index in [1.807, 2.05) is 5.51 Å². The Bertz CT molecular complexity index is 620. The Morgan fingerprint density at radius 2 is 2.14 bits per heavy atom. The van der Waals surface area contributed by atoms with Crippen LogP contribution in [0.5, 0.6) is 0 Å². The third kappa shape index (κ3) is 2.50. The van der Waals surface area contributed by atoms with Gasteiger partial charge in [-0.05, 0) is 68.9 Å². The van der Waals surface area contributed by atoms with Crippen LogP contribution in [0.25, 0.3) is 10.2 Å². The number of hydrogen-bond acceptors (Lipinski definition) is 4. The van der Waals surface area contributed by atoms with Gasteiger partial charge in [0.25, 0.3) is 0 Å². The van der Waals surface area contributed by atoms with Gasteiger partial charge in [-0.15, -0.1) is 11.3 Å². The Balaban J connectivity index is 1.48. The van der Waals surface area contributed by atoms with Crippen LogP contribution in [0, 0.1) is 5.41 Å². The molecule has 0 aliphatic carbocycles. The summed E-state index contributed by atoms with van der Waals surface area (Å²) in [6.07, 6.45) is 4.08. The first-order valence-electron chi connectivity index (χ1n) is 8.04. The van der Waals surface area contributed by atoms with Crippen molar-refractivity contribution in [2.24, 2.45) is 5.41 Å². The number of rotatable bonds is 2. The predicted molar refractivity (Wildman–Crippen MR) is 88.8 cm³/mol. The number of hydrogen-bond donors (Lipinski definition) is 1. The molecule has 1 spiro atoms. The van der Waals surface area contributed by atoms with Crippen LogP contribution >= 0.6 is 11.3 Å². The highest BCUT2D eigenvalue weighted by molar-refractivity contribution is 7.16. The molecule has 1 aromatic carbocycles. The van der Waals surface area contributed by atoms with Gasteiger partial charge in [0.2, 0.25) is 0 Å². The molecule has 2 aromatic rings. The molecule has 2 fully saturated rings. The van der Waals surface area contributed by atoms with Gasteiger partial charge in [-0.25, -0.2) is 4.98 Å². The molecule has 2 aliphatic heterocycles. The number of nitrogens with one attached hydrogen (secondary N) is 1. The van der Waals surface area contributed by atoms with Crippen molar-refractivity contribution in [3.63, 3.8) is 0 Å². The van der Waals surface area contributed by atoms with E-state index in [-0.39, 0.29) is 0 Å². The Kier molecular flexibility index (Phi) is 3.48. The molecule has 2 saturated heterocycles. The zero-order valence-corrected chi connectivity index (χ0v) is 13.5. The average molecular weight is 301 g/mol. The van der Waals surface area contributed by atoms with Gasteiger partial charge in [0.15, 0.2) is 0 Å². The van der Waals surface area contributed by atoms with Gasteiger partial charge in [-0.3, -0.25) is 4.90 Å². The second kappa shape index (κ2) is 5.34. The molecule has 2 aliphatic rings. The number of aromatic nitrogens is 1. The van der Waals surface area contributed by atoms with E-state index < -0.39 is 0 Å². The summed E-state index contributed by atoms with van der Waals surface area (Å²) in [4.78, 5) is 7.11. The normalized spacial score (nSPS) is 23.9. The molecule has 1 N–H and O–H groups in total. The lowest BCUT2D eigenvalue weighted by molar-refractivity contribution is 0.0897. The van der Waals surface area contributed by atoms with Crippen molar-refractivity contribution >= 4 is 21.6 Å². The number of piperidine rings is 1. The third-order valence-corrected chi connectivity index (χ3v) is 6.39. The van der Waals surface area contributed by atoms with Crippen molar-refractivity contribution in [3.05, 3.63) is 29.3 Å². The van der Waals surface area contributed by atoms with Gasteiger partial charge in [-0.1, -0.05) is 6.07 Å². The zero-order chi connectivity index (χ0) is 14.3. The third-order valence-electron chi connectivity index (χ3n) is 5.58. The van der Waals surface area contributed by atoms with E-state index in [4.69, 9.17) is 0 Å². The molecular weight excluding hydrogens is 278 g/mol. The van der Waals surface area contributed by atoms with Crippen molar-refractivity contribution in [1.29, 1.82) is 0 Å². The first-order chi connectivity index (χ1) is 10.3. The maximum absolute atomic E-state index is 4.46. The largest absolute Gasteiger partial charge is 0.316 e. The van der Waals surface area contributed by atoms with Crippen LogP contribution in [0.4, 0.5) is 0 Å². The minimum atomic E-state index is 0.503. The Hall–Kier alpha value is -0.970. The molecule has 4 rings (SSSR count). The van der Waals surface area contributed by atoms with Crippen LogP contribution in [0.15, 0.2) is 23.7 Å². The zero-order valence-electron chi connectivity index (χ0n) is 12.6. The highest BCUT2D eigenvalue weighted by atomic mass is 32.1. The summed E-state index contributed by atoms with van der Waals surface area (Å²) >= 11 is 1.72. The Labute approximate surface area is 130 Å². The summed E-state index contributed by atoms with van der Waals surface area (Å²) in [7, 11) is 0. The first-order valence-corrected chi connectivity index (χ1v) is 8.92. The highest BCUT2D eigenvalue weighted by Gasteiger charge is 2.37. The van der Waals surface area contributed by atoms with Crippen LogP contribution in [0.2, 0.25) is 0 Å². The Morgan fingerprint density at radius 3 is 2.90 bits per heavy atom. The van der Waals surface area contributed by atoms with E-state index in [2.05, 4.69) is 40.3 Å². The van der Waals surface area contributed by atoms with Gasteiger partial charge < -0.3 is 5.32 Å². The summed E-state index contributed by atoms with van der Waals surface area (Å²) in [5.41, 5.74) is 5.11. The van der Waals surface area contributed by atoms with Gasteiger partial charge in [0.05, 0.1) is 15.7 Å². The van der Waals surface area contributed by atoms with Crippen molar-refractivity contribution < 1.29 is 0 Å². The van der Waals surface area contributed by atoms with Gasteiger partial charge in [-0.2, -0.15) is 0 Å². The molecule has 0 saturated carbocycles. The molecule has 4 heteroatoms. The lowest BCUT2D eigenvalue weighted by Crippen LogP contribution is -2.42. The Morgan fingerprint density at radius 1 is 1.29 bits per heavy atom. The fourth-order valence-corrected chi connectivity index (χ4v) is 4.61. The van der Waals surface area contributed by atoms with Gasteiger partial charge in [0, 0.05) is 12.6 Å². The summed E-state index contributed by atoms with van der Waals surface area (Å²) in [6.45, 7) is 7.27. The van der Waals surface area contributed by atoms with E-state index >= 15 is 0 Å². The molecule has 1 atom stereocenters. The molecular formula is C17H23N3S. The summed E-state index contributed by atoms with van der Waals surface area (Å²) in [5.74, 6) is 0. The molecule has 0 bridgehead atoms. The van der Waals surface area contributed by atoms with Gasteiger partial charge >= 0.3 is 0 Å². The maximum Gasteiger partial charge on any atom is 0.0815 e. The maximum atomic E-state index is 4.46. The molecule has 21 heavy (non-hydrogen) atoms. The van der Waals surface area contributed by atoms with E-state index in [0.29, 0.717) is 11.5 Å². The summed E-state index contributed by atoms with van der Waals surface area (Å²) in [5, 5.41) is 3.55. The van der Waals surface area contributed by atoms with E-state index in [1.54, 1.807) is 11.3 Å². The molecule has 3 heterocycles. The first kappa shape index (κ1) is 13.7. The van der Waals surface area contributed by atoms with Crippen LogP contribution < -0.4 is 5.32 Å². The molecule has 1 unspecified atom stereocenters. The molecule has 0 radical (unpaired) electrons. The van der Waals surface area contributed by atoms with Gasteiger partial charge in [0.1, 0.15) is 0 Å². The second-order valence-electron chi connectivity index (χ2n) is 6.72. The lowest BCUT2D eigenvalue weighted by Gasteiger charge is -2.41. The second-order valence-corrected chi connectivity index (χ2v) is 7.60. The van der Waals surface area contributed by atoms with E-state index in [9.17, 15) is 0 Å². The van der Waals surface area contributed by atoms with Crippen molar-refractivity contribution in [3.8, 4) is 0 Å². The van der Waals surface area contributed by atoms with Crippen LogP contribution in [-0.4, -0.2) is 36.1 Å². The van der Waals surface area contributed by atoms with Crippen molar-refractivity contribution in [2.75, 3.05) is 26.2 Å². The predicted octanol–water partition coefficient (Wildman–Crippen LogP) is 3.43. The average Bonchev–Trinajstić information content (AvgIpc) is 3.16. The number of likely N-dealkylation sites (tertiary alicyclic amines) is 1. The quantitative estimate of drug-likeness (QED) is 0.921. The fraction of sp³-hybridized carbons (Fsp3) is 0.588. The minimum absolute atomic E-state index is 0.503. The summed E-state index contributed by atoms with van der Waals surface area (Å²) in [6, 6.07) is 7.29. The number of benzene rings is 1. The molecule has 1 aromatic heterocycles. The van der Waals surface area contributed by atoms with Crippen LogP contribution in [0.1, 0.15) is 37.8 Å². The summed E-state index contributed by atoms with van der Waals surface area (Å²) < 4.78 is 1.29. The number of nitrogens with zero attached hydrogens (tertiary/aromatic N) is 2. The minimum Gasteiger partial charge on any atom is -0.316 e. The fourth-order valence-electron chi connectivity index (χ4n) is 3.95.